The molecule has 0 aliphatic heterocycles. The lowest BCUT2D eigenvalue weighted by Gasteiger charge is -2.04. The molecule has 1 N–H and O–H groups in total. The van der Waals surface area contributed by atoms with Crippen LogP contribution < -0.4 is 5.56 Å². The molecule has 2 heterocycles. The van der Waals surface area contributed by atoms with Crippen molar-refractivity contribution in [1.82, 2.24) is 9.97 Å². The first kappa shape index (κ1) is 14.0. The quantitative estimate of drug-likeness (QED) is 0.725. The van der Waals surface area contributed by atoms with Gasteiger partial charge in [0.2, 0.25) is 5.56 Å². The van der Waals surface area contributed by atoms with Crippen LogP contribution in [0.1, 0.15) is 19.4 Å². The zero-order valence-electron chi connectivity index (χ0n) is 12.0. The third-order valence-corrected chi connectivity index (χ3v) is 2.93. The summed E-state index contributed by atoms with van der Waals surface area (Å²) >= 11 is 0. The fourth-order valence-electron chi connectivity index (χ4n) is 2.01. The number of fused-ring (bicyclic) bond motifs is 1. The molecular formula is C17H18N2O. The van der Waals surface area contributed by atoms with Crippen molar-refractivity contribution in [1.29, 1.82) is 0 Å². The molecule has 3 heteroatoms. The Labute approximate surface area is 118 Å². The molecule has 102 valence electrons. The Kier molecular flexibility index (Phi) is 4.31. The Morgan fingerprint density at radius 2 is 1.80 bits per heavy atom. The molecule has 0 bridgehead atoms. The number of aryl methyl sites for hydroxylation is 1. The van der Waals surface area contributed by atoms with Crippen LogP contribution in [0.4, 0.5) is 0 Å². The molecular weight excluding hydrogens is 248 g/mol. The third kappa shape index (κ3) is 2.94. The average molecular weight is 266 g/mol. The van der Waals surface area contributed by atoms with Gasteiger partial charge in [0, 0.05) is 23.3 Å². The molecule has 3 nitrogen and oxygen atoms in total. The predicted molar refractivity (Wildman–Crippen MR) is 83.9 cm³/mol. The van der Waals surface area contributed by atoms with E-state index in [2.05, 4.69) is 9.97 Å². The van der Waals surface area contributed by atoms with E-state index in [0.29, 0.717) is 0 Å². The summed E-state index contributed by atoms with van der Waals surface area (Å²) in [4.78, 5) is 18.4. The number of rotatable bonds is 1. The van der Waals surface area contributed by atoms with Crippen LogP contribution in [0.5, 0.6) is 0 Å². The second kappa shape index (κ2) is 6.15. The second-order valence-electron chi connectivity index (χ2n) is 4.34. The van der Waals surface area contributed by atoms with E-state index in [0.717, 1.165) is 22.2 Å². The lowest BCUT2D eigenvalue weighted by atomic mass is 10.1. The van der Waals surface area contributed by atoms with E-state index in [4.69, 9.17) is 0 Å². The van der Waals surface area contributed by atoms with E-state index in [-0.39, 0.29) is 5.56 Å². The standard InChI is InChI=1S/C15H12N2O.C2H6/c1-10-6-7-16-14(8-10)12-2-4-13-11(9-12)3-5-15(18)17-13;1-2/h2-9H,1H3,(H,17,18);1-2H3. The van der Waals surface area contributed by atoms with E-state index in [1.165, 1.54) is 11.6 Å². The van der Waals surface area contributed by atoms with Gasteiger partial charge in [-0.15, -0.1) is 0 Å². The lowest BCUT2D eigenvalue weighted by molar-refractivity contribution is 1.28. The molecule has 0 atom stereocenters. The maximum Gasteiger partial charge on any atom is 0.248 e. The van der Waals surface area contributed by atoms with E-state index in [9.17, 15) is 4.79 Å². The van der Waals surface area contributed by atoms with Crippen molar-refractivity contribution in [2.75, 3.05) is 0 Å². The fourth-order valence-corrected chi connectivity index (χ4v) is 2.01. The van der Waals surface area contributed by atoms with Crippen LogP contribution in [0.15, 0.2) is 53.5 Å². The minimum atomic E-state index is -0.0797. The number of nitrogens with one attached hydrogen (secondary N) is 1. The van der Waals surface area contributed by atoms with Crippen molar-refractivity contribution in [3.63, 3.8) is 0 Å². The highest BCUT2D eigenvalue weighted by molar-refractivity contribution is 5.83. The van der Waals surface area contributed by atoms with Gasteiger partial charge in [-0.25, -0.2) is 0 Å². The molecule has 0 fully saturated rings. The molecule has 3 aromatic rings. The van der Waals surface area contributed by atoms with Crippen LogP contribution in [0.3, 0.4) is 0 Å². The summed E-state index contributed by atoms with van der Waals surface area (Å²) in [5.41, 5.74) is 3.95. The zero-order chi connectivity index (χ0) is 14.5. The van der Waals surface area contributed by atoms with Crippen LogP contribution in [0.25, 0.3) is 22.2 Å². The molecule has 0 spiro atoms. The molecule has 0 unspecified atom stereocenters. The molecule has 3 rings (SSSR count). The van der Waals surface area contributed by atoms with Crippen LogP contribution in [-0.4, -0.2) is 9.97 Å². The molecule has 0 saturated heterocycles. The molecule has 1 aromatic carbocycles. The van der Waals surface area contributed by atoms with Crippen molar-refractivity contribution in [3.8, 4) is 11.3 Å². The molecule has 0 saturated carbocycles. The van der Waals surface area contributed by atoms with E-state index < -0.39 is 0 Å². The highest BCUT2D eigenvalue weighted by Crippen LogP contribution is 2.21. The summed E-state index contributed by atoms with van der Waals surface area (Å²) in [7, 11) is 0. The molecule has 0 amide bonds. The summed E-state index contributed by atoms with van der Waals surface area (Å²) in [6, 6.07) is 13.3. The maximum atomic E-state index is 11.2. The summed E-state index contributed by atoms with van der Waals surface area (Å²) < 4.78 is 0. The van der Waals surface area contributed by atoms with Crippen LogP contribution in [0.2, 0.25) is 0 Å². The maximum absolute atomic E-state index is 11.2. The Morgan fingerprint density at radius 1 is 1.00 bits per heavy atom. The van der Waals surface area contributed by atoms with E-state index in [1.54, 1.807) is 0 Å². The Bertz CT molecular complexity index is 775. The molecule has 0 aliphatic carbocycles. The van der Waals surface area contributed by atoms with Gasteiger partial charge < -0.3 is 4.98 Å². The Balaban J connectivity index is 0.000000704. The average Bonchev–Trinajstić information content (AvgIpc) is 2.49. The third-order valence-electron chi connectivity index (χ3n) is 2.93. The normalized spacial score (nSPS) is 9.95. The van der Waals surface area contributed by atoms with Crippen molar-refractivity contribution < 1.29 is 0 Å². The van der Waals surface area contributed by atoms with Gasteiger partial charge in [0.1, 0.15) is 0 Å². The highest BCUT2D eigenvalue weighted by atomic mass is 16.1. The number of pyridine rings is 2. The number of aromatic amines is 1. The first-order valence-corrected chi connectivity index (χ1v) is 6.78. The fraction of sp³-hybridized carbons (Fsp3) is 0.176. The van der Waals surface area contributed by atoms with Crippen LogP contribution in [-0.2, 0) is 0 Å². The predicted octanol–water partition coefficient (Wildman–Crippen LogP) is 3.92. The van der Waals surface area contributed by atoms with Gasteiger partial charge in [0.15, 0.2) is 0 Å². The van der Waals surface area contributed by atoms with Gasteiger partial charge in [0.05, 0.1) is 5.69 Å². The largest absolute Gasteiger partial charge is 0.322 e. The minimum Gasteiger partial charge on any atom is -0.322 e. The van der Waals surface area contributed by atoms with Crippen LogP contribution >= 0.6 is 0 Å². The van der Waals surface area contributed by atoms with Gasteiger partial charge in [-0.1, -0.05) is 19.9 Å². The van der Waals surface area contributed by atoms with Crippen molar-refractivity contribution in [2.45, 2.75) is 20.8 Å². The van der Waals surface area contributed by atoms with Crippen LogP contribution in [0, 0.1) is 6.92 Å². The molecule has 2 aromatic heterocycles. The highest BCUT2D eigenvalue weighted by Gasteiger charge is 2.01. The summed E-state index contributed by atoms with van der Waals surface area (Å²) in [6.45, 7) is 6.05. The SMILES string of the molecule is CC.Cc1ccnc(-c2ccc3[nH]c(=O)ccc3c2)c1. The van der Waals surface area contributed by atoms with Gasteiger partial charge in [-0.2, -0.15) is 0 Å². The smallest absolute Gasteiger partial charge is 0.248 e. The Hall–Kier alpha value is -2.42. The summed E-state index contributed by atoms with van der Waals surface area (Å²) in [5, 5.41) is 1.01. The van der Waals surface area contributed by atoms with Gasteiger partial charge in [-0.05, 0) is 48.2 Å². The van der Waals surface area contributed by atoms with Crippen molar-refractivity contribution in [2.24, 2.45) is 0 Å². The molecule has 0 radical (unpaired) electrons. The minimum absolute atomic E-state index is 0.0797. The monoisotopic (exact) mass is 266 g/mol. The Morgan fingerprint density at radius 3 is 2.55 bits per heavy atom. The summed E-state index contributed by atoms with van der Waals surface area (Å²) in [5.74, 6) is 0. The van der Waals surface area contributed by atoms with Gasteiger partial charge >= 0.3 is 0 Å². The van der Waals surface area contributed by atoms with Gasteiger partial charge in [-0.3, -0.25) is 9.78 Å². The van der Waals surface area contributed by atoms with Crippen molar-refractivity contribution >= 4 is 10.9 Å². The number of aromatic nitrogens is 2. The number of hydrogen-bond acceptors (Lipinski definition) is 2. The number of hydrogen-bond donors (Lipinski definition) is 1. The lowest BCUT2D eigenvalue weighted by Crippen LogP contribution is -2.02. The first-order chi connectivity index (χ1) is 9.72. The first-order valence-electron chi connectivity index (χ1n) is 6.78. The number of benzene rings is 1. The van der Waals surface area contributed by atoms with E-state index >= 15 is 0 Å². The van der Waals surface area contributed by atoms with E-state index in [1.807, 2.05) is 63.4 Å². The molecule has 20 heavy (non-hydrogen) atoms. The topological polar surface area (TPSA) is 45.8 Å². The number of H-pyrrole nitrogens is 1. The second-order valence-corrected chi connectivity index (χ2v) is 4.34. The van der Waals surface area contributed by atoms with Crippen molar-refractivity contribution in [3.05, 3.63) is 64.6 Å². The van der Waals surface area contributed by atoms with Gasteiger partial charge in [0.25, 0.3) is 0 Å². The zero-order valence-corrected chi connectivity index (χ0v) is 12.0. The molecule has 0 aliphatic rings. The number of nitrogens with zero attached hydrogens (tertiary/aromatic N) is 1. The summed E-state index contributed by atoms with van der Waals surface area (Å²) in [6.07, 6.45) is 1.81.